The first-order valence-electron chi connectivity index (χ1n) is 7.13. The number of benzene rings is 1. The van der Waals surface area contributed by atoms with Crippen LogP contribution in [0.4, 0.5) is 0 Å². The highest BCUT2D eigenvalue weighted by Crippen LogP contribution is 2.27. The third kappa shape index (κ3) is 3.76. The Balaban J connectivity index is 1.95. The maximum atomic E-state index is 5.52. The van der Waals surface area contributed by atoms with Crippen molar-refractivity contribution in [2.24, 2.45) is 7.05 Å². The van der Waals surface area contributed by atoms with Gasteiger partial charge in [-0.1, -0.05) is 6.07 Å². The third-order valence-electron chi connectivity index (χ3n) is 3.51. The van der Waals surface area contributed by atoms with Crippen LogP contribution < -0.4 is 14.8 Å². The fourth-order valence-corrected chi connectivity index (χ4v) is 2.16. The molecule has 0 aliphatic rings. The van der Waals surface area contributed by atoms with Crippen LogP contribution in [0.2, 0.25) is 0 Å². The van der Waals surface area contributed by atoms with Crippen LogP contribution in [0.5, 0.6) is 11.5 Å². The highest BCUT2D eigenvalue weighted by Gasteiger charge is 2.06. The Kier molecular flexibility index (Phi) is 5.22. The Morgan fingerprint density at radius 3 is 2.67 bits per heavy atom. The zero-order chi connectivity index (χ0) is 15.2. The van der Waals surface area contributed by atoms with Crippen molar-refractivity contribution in [2.45, 2.75) is 26.9 Å². The topological polar surface area (TPSA) is 48.3 Å². The van der Waals surface area contributed by atoms with Crippen molar-refractivity contribution in [1.82, 2.24) is 15.1 Å². The summed E-state index contributed by atoms with van der Waals surface area (Å²) in [6.07, 6.45) is 1.90. The van der Waals surface area contributed by atoms with E-state index in [-0.39, 0.29) is 0 Å². The third-order valence-corrected chi connectivity index (χ3v) is 3.51. The summed E-state index contributed by atoms with van der Waals surface area (Å²) in [5, 5.41) is 7.67. The largest absolute Gasteiger partial charge is 0.493 e. The summed E-state index contributed by atoms with van der Waals surface area (Å²) in [6, 6.07) is 6.01. The number of ether oxygens (including phenoxy) is 2. The molecule has 0 saturated carbocycles. The molecule has 1 N–H and O–H groups in total. The molecule has 0 unspecified atom stereocenters. The number of rotatable bonds is 7. The van der Waals surface area contributed by atoms with Crippen LogP contribution >= 0.6 is 0 Å². The van der Waals surface area contributed by atoms with Gasteiger partial charge in [0.25, 0.3) is 0 Å². The van der Waals surface area contributed by atoms with Gasteiger partial charge in [-0.15, -0.1) is 0 Å². The summed E-state index contributed by atoms with van der Waals surface area (Å²) in [6.45, 7) is 6.25. The number of nitrogens with zero attached hydrogens (tertiary/aromatic N) is 2. The monoisotopic (exact) mass is 289 g/mol. The Bertz CT molecular complexity index is 593. The minimum Gasteiger partial charge on any atom is -0.493 e. The fourth-order valence-electron chi connectivity index (χ4n) is 2.16. The van der Waals surface area contributed by atoms with E-state index in [1.807, 2.05) is 37.0 Å². The van der Waals surface area contributed by atoms with E-state index in [4.69, 9.17) is 9.47 Å². The second-order valence-electron chi connectivity index (χ2n) is 4.90. The molecule has 0 radical (unpaired) electrons. The van der Waals surface area contributed by atoms with E-state index in [1.165, 1.54) is 11.3 Å². The molecule has 0 bridgehead atoms. The summed E-state index contributed by atoms with van der Waals surface area (Å²) >= 11 is 0. The van der Waals surface area contributed by atoms with Gasteiger partial charge in [0.05, 0.1) is 19.9 Å². The van der Waals surface area contributed by atoms with Gasteiger partial charge in [-0.25, -0.2) is 0 Å². The minimum absolute atomic E-state index is 0.633. The molecule has 1 heterocycles. The number of aromatic nitrogens is 2. The normalized spacial score (nSPS) is 10.7. The molecule has 21 heavy (non-hydrogen) atoms. The molecule has 0 aliphatic heterocycles. The van der Waals surface area contributed by atoms with Gasteiger partial charge in [0.2, 0.25) is 0 Å². The first-order chi connectivity index (χ1) is 10.2. The molecular formula is C16H23N3O2. The first-order valence-corrected chi connectivity index (χ1v) is 7.13. The van der Waals surface area contributed by atoms with Gasteiger partial charge < -0.3 is 14.8 Å². The van der Waals surface area contributed by atoms with Crippen LogP contribution in [0, 0.1) is 6.92 Å². The summed E-state index contributed by atoms with van der Waals surface area (Å²) in [7, 11) is 3.62. The fraction of sp³-hybridized carbons (Fsp3) is 0.438. The van der Waals surface area contributed by atoms with Crippen LogP contribution in [-0.2, 0) is 20.1 Å². The standard InChI is InChI=1S/C16H23N3O2/c1-5-21-15-7-6-13(8-16(15)20-4)9-17-10-14-11-18-19(3)12(14)2/h6-8,11,17H,5,9-10H2,1-4H3. The van der Waals surface area contributed by atoms with E-state index in [0.29, 0.717) is 6.61 Å². The Labute approximate surface area is 125 Å². The molecule has 0 saturated heterocycles. The lowest BCUT2D eigenvalue weighted by atomic mass is 10.2. The number of aryl methyl sites for hydroxylation is 1. The molecule has 0 aliphatic carbocycles. The molecule has 1 aromatic carbocycles. The Morgan fingerprint density at radius 2 is 2.05 bits per heavy atom. The van der Waals surface area contributed by atoms with Crippen LogP contribution in [0.15, 0.2) is 24.4 Å². The van der Waals surface area contributed by atoms with E-state index in [2.05, 4.69) is 23.4 Å². The van der Waals surface area contributed by atoms with Gasteiger partial charge in [0.1, 0.15) is 0 Å². The predicted molar refractivity (Wildman–Crippen MR) is 82.7 cm³/mol. The number of nitrogens with one attached hydrogen (secondary N) is 1. The van der Waals surface area contributed by atoms with E-state index in [0.717, 1.165) is 30.2 Å². The van der Waals surface area contributed by atoms with Crippen LogP contribution in [0.1, 0.15) is 23.7 Å². The van der Waals surface area contributed by atoms with Crippen molar-refractivity contribution < 1.29 is 9.47 Å². The van der Waals surface area contributed by atoms with Crippen LogP contribution in [0.3, 0.4) is 0 Å². The van der Waals surface area contributed by atoms with Crippen molar-refractivity contribution in [3.05, 3.63) is 41.2 Å². The summed E-state index contributed by atoms with van der Waals surface area (Å²) < 4.78 is 12.8. The number of hydrogen-bond donors (Lipinski definition) is 1. The highest BCUT2D eigenvalue weighted by molar-refractivity contribution is 5.42. The molecule has 2 rings (SSSR count). The van der Waals surface area contributed by atoms with Gasteiger partial charge in [-0.05, 0) is 31.5 Å². The van der Waals surface area contributed by atoms with Crippen molar-refractivity contribution in [3.8, 4) is 11.5 Å². The lowest BCUT2D eigenvalue weighted by Gasteiger charge is -2.11. The average molecular weight is 289 g/mol. The molecule has 0 spiro atoms. The first kappa shape index (κ1) is 15.4. The highest BCUT2D eigenvalue weighted by atomic mass is 16.5. The Hall–Kier alpha value is -2.01. The Morgan fingerprint density at radius 1 is 1.24 bits per heavy atom. The summed E-state index contributed by atoms with van der Waals surface area (Å²) in [5.41, 5.74) is 3.57. The van der Waals surface area contributed by atoms with Gasteiger partial charge in [0, 0.05) is 31.4 Å². The zero-order valence-corrected chi connectivity index (χ0v) is 13.1. The maximum absolute atomic E-state index is 5.52. The van der Waals surface area contributed by atoms with Gasteiger partial charge in [-0.2, -0.15) is 5.10 Å². The van der Waals surface area contributed by atoms with E-state index in [9.17, 15) is 0 Å². The van der Waals surface area contributed by atoms with Crippen molar-refractivity contribution >= 4 is 0 Å². The minimum atomic E-state index is 0.633. The molecule has 0 amide bonds. The molecule has 114 valence electrons. The predicted octanol–water partition coefficient (Wildman–Crippen LogP) is 2.43. The lowest BCUT2D eigenvalue weighted by molar-refractivity contribution is 0.310. The quantitative estimate of drug-likeness (QED) is 0.850. The van der Waals surface area contributed by atoms with E-state index >= 15 is 0 Å². The summed E-state index contributed by atoms with van der Waals surface area (Å²) in [4.78, 5) is 0. The van der Waals surface area contributed by atoms with Crippen molar-refractivity contribution in [3.63, 3.8) is 0 Å². The molecule has 0 atom stereocenters. The van der Waals surface area contributed by atoms with Gasteiger partial charge in [0.15, 0.2) is 11.5 Å². The second-order valence-corrected chi connectivity index (χ2v) is 4.90. The van der Waals surface area contributed by atoms with E-state index < -0.39 is 0 Å². The lowest BCUT2D eigenvalue weighted by Crippen LogP contribution is -2.13. The maximum Gasteiger partial charge on any atom is 0.161 e. The van der Waals surface area contributed by atoms with Gasteiger partial charge in [-0.3, -0.25) is 4.68 Å². The molecule has 0 fully saturated rings. The van der Waals surface area contributed by atoms with Crippen LogP contribution in [0.25, 0.3) is 0 Å². The second kappa shape index (κ2) is 7.13. The zero-order valence-electron chi connectivity index (χ0n) is 13.1. The SMILES string of the molecule is CCOc1ccc(CNCc2cnn(C)c2C)cc1OC. The smallest absolute Gasteiger partial charge is 0.161 e. The van der Waals surface area contributed by atoms with Crippen LogP contribution in [-0.4, -0.2) is 23.5 Å². The molecule has 5 heteroatoms. The number of hydrogen-bond acceptors (Lipinski definition) is 4. The average Bonchev–Trinajstić information content (AvgIpc) is 2.81. The number of methoxy groups -OCH3 is 1. The molecule has 5 nitrogen and oxygen atoms in total. The van der Waals surface area contributed by atoms with E-state index in [1.54, 1.807) is 7.11 Å². The molecular weight excluding hydrogens is 266 g/mol. The summed E-state index contributed by atoms with van der Waals surface area (Å²) in [5.74, 6) is 1.56. The molecule has 1 aromatic heterocycles. The van der Waals surface area contributed by atoms with Crippen molar-refractivity contribution in [2.75, 3.05) is 13.7 Å². The van der Waals surface area contributed by atoms with Crippen molar-refractivity contribution in [1.29, 1.82) is 0 Å². The molecule has 2 aromatic rings. The van der Waals surface area contributed by atoms with Gasteiger partial charge >= 0.3 is 0 Å².